The topological polar surface area (TPSA) is 41.5 Å². The number of hydrogen-bond acceptors (Lipinski definition) is 3. The van der Waals surface area contributed by atoms with E-state index >= 15 is 0 Å². The Morgan fingerprint density at radius 2 is 2.25 bits per heavy atom. The number of nitrogens with one attached hydrogen (secondary N) is 1. The summed E-state index contributed by atoms with van der Waals surface area (Å²) >= 11 is 5.85. The summed E-state index contributed by atoms with van der Waals surface area (Å²) in [5.74, 6) is -0.126. The molecule has 5 heteroatoms. The molecule has 16 heavy (non-hydrogen) atoms. The Labute approximate surface area is 99.2 Å². The fourth-order valence-electron chi connectivity index (χ4n) is 1.62. The van der Waals surface area contributed by atoms with Gasteiger partial charge in [-0.25, -0.2) is 4.39 Å². The maximum Gasteiger partial charge on any atom is 0.143 e. The normalized spacial score (nSPS) is 12.6. The molecule has 0 amide bonds. The summed E-state index contributed by atoms with van der Waals surface area (Å²) in [6.45, 7) is 1.89. The van der Waals surface area contributed by atoms with E-state index in [1.165, 1.54) is 13.2 Å². The standard InChI is InChI=1S/C11H15ClFNO2/c1-6-8(13)4-7(12)11(16-3)10(6)9(15)5-14-2/h4,9,14-15H,5H2,1-3H3. The van der Waals surface area contributed by atoms with Crippen molar-refractivity contribution < 1.29 is 14.2 Å². The number of hydrogen-bond donors (Lipinski definition) is 2. The quantitative estimate of drug-likeness (QED) is 0.856. The monoisotopic (exact) mass is 247 g/mol. The first-order chi connectivity index (χ1) is 7.52. The number of rotatable bonds is 4. The fourth-order valence-corrected chi connectivity index (χ4v) is 1.89. The number of aliphatic hydroxyl groups excluding tert-OH is 1. The smallest absolute Gasteiger partial charge is 0.143 e. The molecule has 2 N–H and O–H groups in total. The van der Waals surface area contributed by atoms with Crippen molar-refractivity contribution in [2.45, 2.75) is 13.0 Å². The lowest BCUT2D eigenvalue weighted by atomic mass is 10.0. The SMILES string of the molecule is CNCC(O)c1c(C)c(F)cc(Cl)c1OC. The number of aliphatic hydroxyl groups is 1. The van der Waals surface area contributed by atoms with Gasteiger partial charge in [0, 0.05) is 12.1 Å². The minimum absolute atomic E-state index is 0.163. The Hall–Kier alpha value is -0.840. The second-order valence-corrected chi connectivity index (χ2v) is 3.89. The Morgan fingerprint density at radius 1 is 1.62 bits per heavy atom. The zero-order valence-electron chi connectivity index (χ0n) is 9.47. The van der Waals surface area contributed by atoms with E-state index in [1.54, 1.807) is 14.0 Å². The van der Waals surface area contributed by atoms with Gasteiger partial charge >= 0.3 is 0 Å². The van der Waals surface area contributed by atoms with Gasteiger partial charge in [0.2, 0.25) is 0 Å². The molecule has 0 saturated heterocycles. The molecule has 90 valence electrons. The van der Waals surface area contributed by atoms with Crippen LogP contribution in [0.2, 0.25) is 5.02 Å². The zero-order chi connectivity index (χ0) is 12.3. The first-order valence-electron chi connectivity index (χ1n) is 4.88. The van der Waals surface area contributed by atoms with Crippen molar-refractivity contribution in [1.29, 1.82) is 0 Å². The van der Waals surface area contributed by atoms with Crippen LogP contribution in [0.3, 0.4) is 0 Å². The van der Waals surface area contributed by atoms with Crippen LogP contribution < -0.4 is 10.1 Å². The highest BCUT2D eigenvalue weighted by molar-refractivity contribution is 6.32. The molecule has 3 nitrogen and oxygen atoms in total. The number of halogens is 2. The second kappa shape index (κ2) is 5.48. The zero-order valence-corrected chi connectivity index (χ0v) is 10.2. The van der Waals surface area contributed by atoms with E-state index in [0.29, 0.717) is 23.4 Å². The van der Waals surface area contributed by atoms with Gasteiger partial charge in [0.05, 0.1) is 18.2 Å². The van der Waals surface area contributed by atoms with Gasteiger partial charge in [0.1, 0.15) is 11.6 Å². The number of ether oxygens (including phenoxy) is 1. The number of likely N-dealkylation sites (N-methyl/N-ethyl adjacent to an activating group) is 1. The molecule has 1 rings (SSSR count). The Bertz CT molecular complexity index is 385. The molecule has 0 saturated carbocycles. The van der Waals surface area contributed by atoms with E-state index in [0.717, 1.165) is 0 Å². The van der Waals surface area contributed by atoms with Crippen LogP contribution in [0.5, 0.6) is 5.75 Å². The third-order valence-corrected chi connectivity index (χ3v) is 2.69. The van der Waals surface area contributed by atoms with Crippen LogP contribution in [0.4, 0.5) is 4.39 Å². The predicted molar refractivity (Wildman–Crippen MR) is 61.6 cm³/mol. The lowest BCUT2D eigenvalue weighted by molar-refractivity contribution is 0.172. The molecule has 0 bridgehead atoms. The summed E-state index contributed by atoms with van der Waals surface area (Å²) in [4.78, 5) is 0. The average Bonchev–Trinajstić information content (AvgIpc) is 2.23. The van der Waals surface area contributed by atoms with Crippen molar-refractivity contribution in [3.05, 3.63) is 28.0 Å². The minimum Gasteiger partial charge on any atom is -0.495 e. The first kappa shape index (κ1) is 13.2. The highest BCUT2D eigenvalue weighted by atomic mass is 35.5. The molecule has 1 unspecified atom stereocenters. The third-order valence-electron chi connectivity index (χ3n) is 2.41. The van der Waals surface area contributed by atoms with Gasteiger partial charge in [-0.15, -0.1) is 0 Å². The molecule has 1 atom stereocenters. The van der Waals surface area contributed by atoms with Crippen molar-refractivity contribution in [3.8, 4) is 5.75 Å². The van der Waals surface area contributed by atoms with E-state index in [-0.39, 0.29) is 5.02 Å². The van der Waals surface area contributed by atoms with Crippen molar-refractivity contribution in [1.82, 2.24) is 5.32 Å². The van der Waals surface area contributed by atoms with Crippen molar-refractivity contribution >= 4 is 11.6 Å². The average molecular weight is 248 g/mol. The van der Waals surface area contributed by atoms with E-state index in [1.807, 2.05) is 0 Å². The summed E-state index contributed by atoms with van der Waals surface area (Å²) in [6, 6.07) is 1.19. The van der Waals surface area contributed by atoms with Gasteiger partial charge in [0.15, 0.2) is 0 Å². The van der Waals surface area contributed by atoms with Crippen molar-refractivity contribution in [3.63, 3.8) is 0 Å². The van der Waals surface area contributed by atoms with Crippen LogP contribution in [-0.2, 0) is 0 Å². The van der Waals surface area contributed by atoms with E-state index < -0.39 is 11.9 Å². The van der Waals surface area contributed by atoms with Crippen molar-refractivity contribution in [2.24, 2.45) is 0 Å². The van der Waals surface area contributed by atoms with E-state index in [2.05, 4.69) is 5.32 Å². The molecule has 0 aliphatic carbocycles. The molecule has 0 aromatic heterocycles. The molecular weight excluding hydrogens is 233 g/mol. The molecule has 0 fully saturated rings. The fraction of sp³-hybridized carbons (Fsp3) is 0.455. The Morgan fingerprint density at radius 3 is 2.75 bits per heavy atom. The first-order valence-corrected chi connectivity index (χ1v) is 5.25. The lowest BCUT2D eigenvalue weighted by Crippen LogP contribution is -2.18. The molecule has 0 aliphatic heterocycles. The molecule has 0 spiro atoms. The molecule has 1 aromatic carbocycles. The third kappa shape index (κ3) is 2.45. The van der Waals surface area contributed by atoms with Crippen LogP contribution >= 0.6 is 11.6 Å². The number of methoxy groups -OCH3 is 1. The van der Waals surface area contributed by atoms with Gasteiger partial charge in [-0.05, 0) is 25.6 Å². The summed E-state index contributed by atoms with van der Waals surface area (Å²) in [5, 5.41) is 12.9. The van der Waals surface area contributed by atoms with Crippen LogP contribution in [0.15, 0.2) is 6.07 Å². The Kier molecular flexibility index (Phi) is 4.53. The summed E-state index contributed by atoms with van der Waals surface area (Å²) in [6.07, 6.45) is -0.854. The molecular formula is C11H15ClFNO2. The summed E-state index contributed by atoms with van der Waals surface area (Å²) in [5.41, 5.74) is 0.742. The van der Waals surface area contributed by atoms with Gasteiger partial charge in [-0.3, -0.25) is 0 Å². The minimum atomic E-state index is -0.854. The van der Waals surface area contributed by atoms with E-state index in [4.69, 9.17) is 16.3 Å². The van der Waals surface area contributed by atoms with Gasteiger partial charge in [-0.1, -0.05) is 11.6 Å². The van der Waals surface area contributed by atoms with E-state index in [9.17, 15) is 9.50 Å². The van der Waals surface area contributed by atoms with Gasteiger partial charge in [-0.2, -0.15) is 0 Å². The second-order valence-electron chi connectivity index (χ2n) is 3.49. The summed E-state index contributed by atoms with van der Waals surface area (Å²) in [7, 11) is 3.14. The lowest BCUT2D eigenvalue weighted by Gasteiger charge is -2.18. The largest absolute Gasteiger partial charge is 0.495 e. The van der Waals surface area contributed by atoms with Crippen LogP contribution in [0, 0.1) is 12.7 Å². The number of benzene rings is 1. The maximum absolute atomic E-state index is 13.5. The highest BCUT2D eigenvalue weighted by Crippen LogP contribution is 2.36. The van der Waals surface area contributed by atoms with Gasteiger partial charge < -0.3 is 15.2 Å². The molecule has 1 aromatic rings. The highest BCUT2D eigenvalue weighted by Gasteiger charge is 2.21. The summed E-state index contributed by atoms with van der Waals surface area (Å²) < 4.78 is 18.6. The van der Waals surface area contributed by atoms with Crippen LogP contribution in [-0.4, -0.2) is 25.8 Å². The van der Waals surface area contributed by atoms with Crippen LogP contribution in [0.25, 0.3) is 0 Å². The van der Waals surface area contributed by atoms with Gasteiger partial charge in [0.25, 0.3) is 0 Å². The molecule has 0 aliphatic rings. The van der Waals surface area contributed by atoms with Crippen molar-refractivity contribution in [2.75, 3.05) is 20.7 Å². The maximum atomic E-state index is 13.5. The predicted octanol–water partition coefficient (Wildman–Crippen LogP) is 2.05. The Balaban J connectivity index is 3.32. The van der Waals surface area contributed by atoms with Crippen LogP contribution in [0.1, 0.15) is 17.2 Å². The molecule has 0 heterocycles. The molecule has 0 radical (unpaired) electrons.